The van der Waals surface area contributed by atoms with Gasteiger partial charge in [-0.1, -0.05) is 98.6 Å². The normalized spacial score (nSPS) is 14.1. The minimum atomic E-state index is -0.351. The molecule has 0 aliphatic heterocycles. The lowest BCUT2D eigenvalue weighted by atomic mass is 9.86. The Morgan fingerprint density at radius 2 is 1.46 bits per heavy atom. The van der Waals surface area contributed by atoms with Gasteiger partial charge < -0.3 is 19.7 Å². The molecule has 254 valence electrons. The molecule has 0 bridgehead atoms. The van der Waals surface area contributed by atoms with Gasteiger partial charge in [0.15, 0.2) is 11.5 Å². The van der Waals surface area contributed by atoms with Crippen LogP contribution in [0.15, 0.2) is 97.1 Å². The number of rotatable bonds is 20. The number of nitrogens with zero attached hydrogens (tertiary/aromatic N) is 2. The second-order valence-corrected chi connectivity index (χ2v) is 12.8. The van der Waals surface area contributed by atoms with E-state index in [1.54, 1.807) is 12.1 Å². The van der Waals surface area contributed by atoms with E-state index in [-0.39, 0.29) is 10.6 Å². The highest BCUT2D eigenvalue weighted by Gasteiger charge is 2.27. The summed E-state index contributed by atoms with van der Waals surface area (Å²) in [4.78, 5) is 13.2. The van der Waals surface area contributed by atoms with Crippen LogP contribution in [0.3, 0.4) is 0 Å². The van der Waals surface area contributed by atoms with Gasteiger partial charge in [-0.3, -0.25) is 10.1 Å². The van der Waals surface area contributed by atoms with Crippen LogP contribution in [-0.4, -0.2) is 42.0 Å². The van der Waals surface area contributed by atoms with E-state index < -0.39 is 0 Å². The van der Waals surface area contributed by atoms with Gasteiger partial charge >= 0.3 is 0 Å². The summed E-state index contributed by atoms with van der Waals surface area (Å²) in [5.74, 6) is 1.74. The molecule has 7 nitrogen and oxygen atoms in total. The standard InChI is InChI=1S/C41H51N3O4/c1-2-28-43(29-12-4-3-11-26-42-27-25-33-17-20-37(21-18-33)44(45)46)38-22-23-39-36(30-38)19-24-40(47-31-34-13-7-5-8-14-34)41(39)48-32-35-15-9-6-10-16-35/h5-10,13-21,24,38,42H,2-4,11-12,22-23,25-32H2,1H3. The van der Waals surface area contributed by atoms with Gasteiger partial charge in [0.2, 0.25) is 0 Å². The van der Waals surface area contributed by atoms with Gasteiger partial charge in [0.25, 0.3) is 5.69 Å². The maximum absolute atomic E-state index is 10.8. The third-order valence-electron chi connectivity index (χ3n) is 9.28. The number of fused-ring (bicyclic) bond motifs is 1. The minimum absolute atomic E-state index is 0.148. The number of non-ortho nitro benzene ring substituents is 1. The first-order valence-corrected chi connectivity index (χ1v) is 17.8. The van der Waals surface area contributed by atoms with Crippen LogP contribution >= 0.6 is 0 Å². The van der Waals surface area contributed by atoms with Crippen molar-refractivity contribution in [2.24, 2.45) is 0 Å². The summed E-state index contributed by atoms with van der Waals surface area (Å²) in [5.41, 5.74) is 6.28. The molecule has 1 aliphatic rings. The molecule has 0 saturated heterocycles. The van der Waals surface area contributed by atoms with Gasteiger partial charge in [0.05, 0.1) is 4.92 Å². The number of benzene rings is 4. The van der Waals surface area contributed by atoms with E-state index in [0.29, 0.717) is 19.3 Å². The van der Waals surface area contributed by atoms with Crippen molar-refractivity contribution in [2.75, 3.05) is 26.2 Å². The summed E-state index contributed by atoms with van der Waals surface area (Å²) in [7, 11) is 0. The van der Waals surface area contributed by atoms with Gasteiger partial charge in [-0.05, 0) is 99.4 Å². The van der Waals surface area contributed by atoms with Crippen LogP contribution in [0.4, 0.5) is 5.69 Å². The molecule has 1 aliphatic carbocycles. The fourth-order valence-electron chi connectivity index (χ4n) is 6.65. The Morgan fingerprint density at radius 3 is 2.15 bits per heavy atom. The maximum Gasteiger partial charge on any atom is 0.269 e. The van der Waals surface area contributed by atoms with Gasteiger partial charge in [-0.15, -0.1) is 0 Å². The Balaban J connectivity index is 1.09. The molecule has 0 heterocycles. The summed E-state index contributed by atoms with van der Waals surface area (Å²) in [5, 5.41) is 14.4. The third-order valence-corrected chi connectivity index (χ3v) is 9.28. The Morgan fingerprint density at radius 1 is 0.771 bits per heavy atom. The Labute approximate surface area is 286 Å². The van der Waals surface area contributed by atoms with Gasteiger partial charge in [-0.2, -0.15) is 0 Å². The van der Waals surface area contributed by atoms with E-state index in [1.165, 1.54) is 43.2 Å². The molecule has 5 rings (SSSR count). The second kappa shape index (κ2) is 19.0. The van der Waals surface area contributed by atoms with Crippen LogP contribution in [0.2, 0.25) is 0 Å². The van der Waals surface area contributed by atoms with E-state index in [4.69, 9.17) is 9.47 Å². The average molecular weight is 650 g/mol. The molecular formula is C41H51N3O4. The molecule has 0 radical (unpaired) electrons. The zero-order valence-electron chi connectivity index (χ0n) is 28.4. The molecule has 48 heavy (non-hydrogen) atoms. The van der Waals surface area contributed by atoms with E-state index >= 15 is 0 Å². The predicted molar refractivity (Wildman–Crippen MR) is 194 cm³/mol. The van der Waals surface area contributed by atoms with Crippen molar-refractivity contribution in [3.63, 3.8) is 0 Å². The van der Waals surface area contributed by atoms with Crippen LogP contribution in [0, 0.1) is 10.1 Å². The first-order valence-electron chi connectivity index (χ1n) is 17.8. The predicted octanol–water partition coefficient (Wildman–Crippen LogP) is 8.71. The molecule has 4 aromatic carbocycles. The largest absolute Gasteiger partial charge is 0.485 e. The molecule has 0 amide bonds. The van der Waals surface area contributed by atoms with Crippen molar-refractivity contribution in [2.45, 2.75) is 84.0 Å². The molecular weight excluding hydrogens is 598 g/mol. The summed E-state index contributed by atoms with van der Waals surface area (Å²) < 4.78 is 12.9. The lowest BCUT2D eigenvalue weighted by molar-refractivity contribution is -0.384. The molecule has 0 fully saturated rings. The zero-order valence-corrected chi connectivity index (χ0v) is 28.4. The summed E-state index contributed by atoms with van der Waals surface area (Å²) in [6.45, 7) is 7.53. The summed E-state index contributed by atoms with van der Waals surface area (Å²) >= 11 is 0. The second-order valence-electron chi connectivity index (χ2n) is 12.8. The van der Waals surface area contributed by atoms with Crippen LogP contribution in [-0.2, 0) is 32.5 Å². The number of nitro benzene ring substituents is 1. The van der Waals surface area contributed by atoms with Gasteiger partial charge in [0.1, 0.15) is 13.2 Å². The Bertz CT molecular complexity index is 1530. The number of hydrogen-bond donors (Lipinski definition) is 1. The summed E-state index contributed by atoms with van der Waals surface area (Å²) in [6, 6.07) is 32.5. The molecule has 1 N–H and O–H groups in total. The monoisotopic (exact) mass is 649 g/mol. The number of ether oxygens (including phenoxy) is 2. The van der Waals surface area contributed by atoms with Crippen molar-refractivity contribution >= 4 is 5.69 Å². The van der Waals surface area contributed by atoms with Crippen molar-refractivity contribution < 1.29 is 14.4 Å². The number of hydrogen-bond acceptors (Lipinski definition) is 6. The van der Waals surface area contributed by atoms with Crippen LogP contribution in [0.25, 0.3) is 0 Å². The minimum Gasteiger partial charge on any atom is -0.485 e. The van der Waals surface area contributed by atoms with E-state index in [1.807, 2.05) is 36.4 Å². The van der Waals surface area contributed by atoms with Crippen LogP contribution in [0.5, 0.6) is 11.5 Å². The number of nitro groups is 1. The lowest BCUT2D eigenvalue weighted by Gasteiger charge is -2.36. The number of nitrogens with one attached hydrogen (secondary N) is 1. The molecule has 1 atom stereocenters. The smallest absolute Gasteiger partial charge is 0.269 e. The molecule has 7 heteroatoms. The highest BCUT2D eigenvalue weighted by molar-refractivity contribution is 5.52. The highest BCUT2D eigenvalue weighted by atomic mass is 16.6. The fraction of sp³-hybridized carbons (Fsp3) is 0.415. The van der Waals surface area contributed by atoms with E-state index in [9.17, 15) is 10.1 Å². The van der Waals surface area contributed by atoms with Crippen molar-refractivity contribution in [1.82, 2.24) is 10.2 Å². The Kier molecular flexibility index (Phi) is 13.9. The molecule has 0 spiro atoms. The van der Waals surface area contributed by atoms with E-state index in [0.717, 1.165) is 80.1 Å². The van der Waals surface area contributed by atoms with Crippen LogP contribution in [0.1, 0.15) is 73.3 Å². The zero-order chi connectivity index (χ0) is 33.4. The first-order chi connectivity index (χ1) is 23.6. The third kappa shape index (κ3) is 10.7. The molecule has 0 aromatic heterocycles. The SMILES string of the molecule is CCCN(CCCCCCNCCc1ccc([N+](=O)[O-])cc1)C1CCc2c(ccc(OCc3ccccc3)c2OCc2ccccc2)C1. The fourth-order valence-corrected chi connectivity index (χ4v) is 6.65. The van der Waals surface area contributed by atoms with Crippen molar-refractivity contribution in [3.05, 3.63) is 135 Å². The molecule has 4 aromatic rings. The van der Waals surface area contributed by atoms with E-state index in [2.05, 4.69) is 65.7 Å². The lowest BCUT2D eigenvalue weighted by Crippen LogP contribution is -2.40. The molecule has 0 saturated carbocycles. The quantitative estimate of drug-likeness (QED) is 0.0586. The average Bonchev–Trinajstić information content (AvgIpc) is 3.12. The van der Waals surface area contributed by atoms with Gasteiger partial charge in [0, 0.05) is 23.7 Å². The maximum atomic E-state index is 10.8. The first kappa shape index (κ1) is 35.1. The molecule has 1 unspecified atom stereocenters. The van der Waals surface area contributed by atoms with Crippen molar-refractivity contribution in [1.29, 1.82) is 0 Å². The summed E-state index contributed by atoms with van der Waals surface area (Å²) in [6.07, 6.45) is 10.1. The van der Waals surface area contributed by atoms with Crippen molar-refractivity contribution in [3.8, 4) is 11.5 Å². The van der Waals surface area contributed by atoms with Gasteiger partial charge in [-0.25, -0.2) is 0 Å². The Hall–Kier alpha value is -4.20. The highest BCUT2D eigenvalue weighted by Crippen LogP contribution is 2.39. The number of unbranched alkanes of at least 4 members (excludes halogenated alkanes) is 3. The van der Waals surface area contributed by atoms with Crippen LogP contribution < -0.4 is 14.8 Å². The topological polar surface area (TPSA) is 76.9 Å².